The molecule has 0 atom stereocenters. The Bertz CT molecular complexity index is 323. The molecule has 1 N–H and O–H groups in total. The van der Waals surface area contributed by atoms with E-state index in [0.29, 0.717) is 25.7 Å². The SMILES string of the molecule is CCCNCc1ccoc1COCCOCC(C)C. The fraction of sp³-hybridized carbons (Fsp3) is 0.733. The van der Waals surface area contributed by atoms with Gasteiger partial charge in [-0.2, -0.15) is 0 Å². The first-order valence-corrected chi connectivity index (χ1v) is 7.15. The summed E-state index contributed by atoms with van der Waals surface area (Å²) in [6.07, 6.45) is 2.85. The summed E-state index contributed by atoms with van der Waals surface area (Å²) in [4.78, 5) is 0. The highest BCUT2D eigenvalue weighted by Gasteiger charge is 2.05. The molecule has 0 aliphatic heterocycles. The molecule has 0 amide bonds. The minimum Gasteiger partial charge on any atom is -0.467 e. The van der Waals surface area contributed by atoms with E-state index in [1.165, 1.54) is 5.56 Å². The Morgan fingerprint density at radius 1 is 1.26 bits per heavy atom. The fourth-order valence-electron chi connectivity index (χ4n) is 1.65. The van der Waals surface area contributed by atoms with Crippen LogP contribution < -0.4 is 5.32 Å². The standard InChI is InChI=1S/C15H27NO3/c1-4-6-16-10-14-5-7-19-15(14)12-18-9-8-17-11-13(2)3/h5,7,13,16H,4,6,8-12H2,1-3H3. The van der Waals surface area contributed by atoms with Crippen molar-refractivity contribution in [2.75, 3.05) is 26.4 Å². The number of furan rings is 1. The predicted octanol–water partition coefficient (Wildman–Crippen LogP) is 2.97. The molecule has 0 aliphatic rings. The Labute approximate surface area is 116 Å². The quantitative estimate of drug-likeness (QED) is 0.627. The molecule has 0 spiro atoms. The molecule has 19 heavy (non-hydrogen) atoms. The van der Waals surface area contributed by atoms with Crippen molar-refractivity contribution in [2.24, 2.45) is 5.92 Å². The van der Waals surface area contributed by atoms with E-state index in [1.54, 1.807) is 6.26 Å². The summed E-state index contributed by atoms with van der Waals surface area (Å²) in [5.41, 5.74) is 1.18. The van der Waals surface area contributed by atoms with Gasteiger partial charge in [0, 0.05) is 18.7 Å². The summed E-state index contributed by atoms with van der Waals surface area (Å²) in [7, 11) is 0. The molecule has 0 radical (unpaired) electrons. The zero-order chi connectivity index (χ0) is 13.9. The lowest BCUT2D eigenvalue weighted by Gasteiger charge is -2.08. The Balaban J connectivity index is 2.13. The van der Waals surface area contributed by atoms with Gasteiger partial charge in [-0.3, -0.25) is 0 Å². The van der Waals surface area contributed by atoms with E-state index in [-0.39, 0.29) is 0 Å². The molecule has 0 aliphatic carbocycles. The maximum Gasteiger partial charge on any atom is 0.133 e. The fourth-order valence-corrected chi connectivity index (χ4v) is 1.65. The number of ether oxygens (including phenoxy) is 2. The summed E-state index contributed by atoms with van der Waals surface area (Å²) >= 11 is 0. The molecular weight excluding hydrogens is 242 g/mol. The van der Waals surface area contributed by atoms with E-state index in [4.69, 9.17) is 13.9 Å². The molecule has 4 heteroatoms. The molecule has 0 fully saturated rings. The third-order valence-corrected chi connectivity index (χ3v) is 2.64. The predicted molar refractivity (Wildman–Crippen MR) is 76.0 cm³/mol. The van der Waals surface area contributed by atoms with E-state index < -0.39 is 0 Å². The molecule has 0 saturated carbocycles. The molecule has 0 saturated heterocycles. The van der Waals surface area contributed by atoms with Crippen LogP contribution in [0.2, 0.25) is 0 Å². The molecular formula is C15H27NO3. The van der Waals surface area contributed by atoms with Crippen molar-refractivity contribution in [1.29, 1.82) is 0 Å². The van der Waals surface area contributed by atoms with Gasteiger partial charge in [0.25, 0.3) is 0 Å². The molecule has 0 unspecified atom stereocenters. The van der Waals surface area contributed by atoms with Gasteiger partial charge in [0.15, 0.2) is 0 Å². The van der Waals surface area contributed by atoms with E-state index in [9.17, 15) is 0 Å². The Hall–Kier alpha value is -0.840. The Kier molecular flexibility index (Phi) is 8.54. The lowest BCUT2D eigenvalue weighted by atomic mass is 10.2. The van der Waals surface area contributed by atoms with E-state index in [0.717, 1.165) is 31.9 Å². The van der Waals surface area contributed by atoms with Gasteiger partial charge >= 0.3 is 0 Å². The van der Waals surface area contributed by atoms with Crippen LogP contribution >= 0.6 is 0 Å². The first-order chi connectivity index (χ1) is 9.24. The number of rotatable bonds is 11. The smallest absolute Gasteiger partial charge is 0.133 e. The Morgan fingerprint density at radius 3 is 2.79 bits per heavy atom. The minimum absolute atomic E-state index is 0.515. The van der Waals surface area contributed by atoms with Crippen molar-refractivity contribution in [2.45, 2.75) is 40.3 Å². The molecule has 0 bridgehead atoms. The van der Waals surface area contributed by atoms with Crippen LogP contribution in [0.25, 0.3) is 0 Å². The minimum atomic E-state index is 0.515. The van der Waals surface area contributed by atoms with Gasteiger partial charge < -0.3 is 19.2 Å². The second kappa shape index (κ2) is 10.0. The molecule has 4 nitrogen and oxygen atoms in total. The van der Waals surface area contributed by atoms with E-state index >= 15 is 0 Å². The van der Waals surface area contributed by atoms with E-state index in [1.807, 2.05) is 6.07 Å². The maximum atomic E-state index is 5.56. The van der Waals surface area contributed by atoms with Crippen molar-refractivity contribution < 1.29 is 13.9 Å². The van der Waals surface area contributed by atoms with Crippen LogP contribution in [0.3, 0.4) is 0 Å². The summed E-state index contributed by atoms with van der Waals surface area (Å²) in [6, 6.07) is 2.00. The van der Waals surface area contributed by atoms with Gasteiger partial charge in [-0.05, 0) is 24.9 Å². The summed E-state index contributed by atoms with van der Waals surface area (Å²) in [6.45, 7) is 10.8. The van der Waals surface area contributed by atoms with Gasteiger partial charge in [0.1, 0.15) is 12.4 Å². The van der Waals surface area contributed by atoms with Crippen molar-refractivity contribution >= 4 is 0 Å². The normalized spacial score (nSPS) is 11.4. The zero-order valence-corrected chi connectivity index (χ0v) is 12.4. The first kappa shape index (κ1) is 16.2. The highest BCUT2D eigenvalue weighted by atomic mass is 16.5. The molecule has 0 aromatic carbocycles. The van der Waals surface area contributed by atoms with Gasteiger partial charge in [-0.15, -0.1) is 0 Å². The third-order valence-electron chi connectivity index (χ3n) is 2.64. The summed E-state index contributed by atoms with van der Waals surface area (Å²) in [5, 5.41) is 3.36. The van der Waals surface area contributed by atoms with Crippen LogP contribution in [-0.2, 0) is 22.6 Å². The second-order valence-corrected chi connectivity index (χ2v) is 5.07. The average molecular weight is 269 g/mol. The van der Waals surface area contributed by atoms with Crippen molar-refractivity contribution in [3.8, 4) is 0 Å². The summed E-state index contributed by atoms with van der Waals surface area (Å²) < 4.78 is 16.5. The molecule has 110 valence electrons. The van der Waals surface area contributed by atoms with E-state index in [2.05, 4.69) is 26.1 Å². The van der Waals surface area contributed by atoms with Crippen molar-refractivity contribution in [1.82, 2.24) is 5.32 Å². The van der Waals surface area contributed by atoms with Gasteiger partial charge in [-0.25, -0.2) is 0 Å². The lowest BCUT2D eigenvalue weighted by Crippen LogP contribution is -2.14. The maximum absolute atomic E-state index is 5.56. The third kappa shape index (κ3) is 7.35. The monoisotopic (exact) mass is 269 g/mol. The largest absolute Gasteiger partial charge is 0.467 e. The van der Waals surface area contributed by atoms with Crippen LogP contribution in [0.1, 0.15) is 38.5 Å². The molecule has 1 rings (SSSR count). The molecule has 1 aromatic heterocycles. The van der Waals surface area contributed by atoms with Crippen LogP contribution in [0, 0.1) is 5.92 Å². The van der Waals surface area contributed by atoms with Gasteiger partial charge in [0.05, 0.1) is 19.5 Å². The molecule has 1 heterocycles. The zero-order valence-electron chi connectivity index (χ0n) is 12.4. The van der Waals surface area contributed by atoms with Gasteiger partial charge in [0.2, 0.25) is 0 Å². The number of nitrogens with one attached hydrogen (secondary N) is 1. The van der Waals surface area contributed by atoms with Crippen molar-refractivity contribution in [3.05, 3.63) is 23.7 Å². The number of hydrogen-bond donors (Lipinski definition) is 1. The lowest BCUT2D eigenvalue weighted by molar-refractivity contribution is 0.0261. The summed E-state index contributed by atoms with van der Waals surface area (Å²) in [5.74, 6) is 1.48. The van der Waals surface area contributed by atoms with Crippen LogP contribution in [0.5, 0.6) is 0 Å². The average Bonchev–Trinajstić information content (AvgIpc) is 2.81. The highest BCUT2D eigenvalue weighted by Crippen LogP contribution is 2.11. The number of hydrogen-bond acceptors (Lipinski definition) is 4. The Morgan fingerprint density at radius 2 is 2.05 bits per heavy atom. The van der Waals surface area contributed by atoms with Crippen LogP contribution in [0.4, 0.5) is 0 Å². The first-order valence-electron chi connectivity index (χ1n) is 7.15. The van der Waals surface area contributed by atoms with Crippen LogP contribution in [-0.4, -0.2) is 26.4 Å². The molecule has 1 aromatic rings. The highest BCUT2D eigenvalue weighted by molar-refractivity contribution is 5.16. The van der Waals surface area contributed by atoms with Crippen LogP contribution in [0.15, 0.2) is 16.7 Å². The van der Waals surface area contributed by atoms with Gasteiger partial charge in [-0.1, -0.05) is 20.8 Å². The van der Waals surface area contributed by atoms with Crippen molar-refractivity contribution in [3.63, 3.8) is 0 Å². The second-order valence-electron chi connectivity index (χ2n) is 5.07. The topological polar surface area (TPSA) is 43.6 Å².